The first kappa shape index (κ1) is 16.5. The van der Waals surface area contributed by atoms with E-state index in [0.717, 1.165) is 38.5 Å². The highest BCUT2D eigenvalue weighted by molar-refractivity contribution is 5.73. The van der Waals surface area contributed by atoms with Gasteiger partial charge in [-0.3, -0.25) is 4.79 Å². The molecule has 4 atom stereocenters. The average molecular weight is 294 g/mol. The van der Waals surface area contributed by atoms with Crippen LogP contribution < -0.4 is 0 Å². The van der Waals surface area contributed by atoms with Crippen molar-refractivity contribution >= 4 is 5.97 Å². The molecule has 2 saturated heterocycles. The molecule has 0 aromatic rings. The molecule has 0 aromatic carbocycles. The number of allylic oxidation sites excluding steroid dienone is 2. The zero-order valence-electron chi connectivity index (χ0n) is 14.0. The van der Waals surface area contributed by atoms with Gasteiger partial charge < -0.3 is 9.47 Å². The summed E-state index contributed by atoms with van der Waals surface area (Å²) in [5.41, 5.74) is -0.486. The molecule has 2 heterocycles. The summed E-state index contributed by atoms with van der Waals surface area (Å²) in [6.07, 6.45) is 10.9. The minimum absolute atomic E-state index is 0.0392. The first-order valence-electron chi connectivity index (χ1n) is 8.59. The second-order valence-corrected chi connectivity index (χ2v) is 6.63. The van der Waals surface area contributed by atoms with Crippen LogP contribution in [-0.2, 0) is 14.3 Å². The molecule has 2 aliphatic rings. The zero-order chi connectivity index (χ0) is 15.5. The number of ether oxygens (including phenoxy) is 2. The van der Waals surface area contributed by atoms with E-state index in [1.165, 1.54) is 0 Å². The summed E-state index contributed by atoms with van der Waals surface area (Å²) in [4.78, 5) is 11.6. The Balaban J connectivity index is 2.13. The molecule has 0 bridgehead atoms. The van der Waals surface area contributed by atoms with Crippen LogP contribution in [-0.4, -0.2) is 23.3 Å². The number of hydrogen-bond acceptors (Lipinski definition) is 3. The number of fused-ring (bicyclic) bond motifs is 1. The second kappa shape index (κ2) is 6.51. The predicted octanol–water partition coefficient (Wildman–Crippen LogP) is 4.40. The van der Waals surface area contributed by atoms with E-state index in [1.54, 1.807) is 0 Å². The lowest BCUT2D eigenvalue weighted by Gasteiger charge is -2.32. The normalized spacial score (nSPS) is 37.0. The molecule has 120 valence electrons. The zero-order valence-corrected chi connectivity index (χ0v) is 14.0. The Bertz CT molecular complexity index is 403. The highest BCUT2D eigenvalue weighted by Crippen LogP contribution is 2.51. The Morgan fingerprint density at radius 3 is 2.57 bits per heavy atom. The van der Waals surface area contributed by atoms with E-state index in [9.17, 15) is 4.79 Å². The van der Waals surface area contributed by atoms with Crippen molar-refractivity contribution in [3.63, 3.8) is 0 Å². The van der Waals surface area contributed by atoms with Crippen LogP contribution in [0.3, 0.4) is 0 Å². The highest BCUT2D eigenvalue weighted by atomic mass is 16.6. The van der Waals surface area contributed by atoms with Crippen molar-refractivity contribution in [2.45, 2.75) is 89.9 Å². The molecule has 0 N–H and O–H groups in total. The monoisotopic (exact) mass is 294 g/mol. The molecule has 2 rings (SSSR count). The lowest BCUT2D eigenvalue weighted by atomic mass is 9.79. The molecule has 21 heavy (non-hydrogen) atoms. The van der Waals surface area contributed by atoms with Crippen molar-refractivity contribution < 1.29 is 14.3 Å². The Labute approximate surface area is 129 Å². The molecule has 0 spiro atoms. The quantitative estimate of drug-likeness (QED) is 0.515. The molecule has 2 aliphatic heterocycles. The van der Waals surface area contributed by atoms with E-state index in [4.69, 9.17) is 9.47 Å². The highest BCUT2D eigenvalue weighted by Gasteiger charge is 2.60. The molecule has 0 radical (unpaired) electrons. The number of esters is 1. The van der Waals surface area contributed by atoms with Gasteiger partial charge in [0.25, 0.3) is 0 Å². The maximum absolute atomic E-state index is 11.6. The largest absolute Gasteiger partial charge is 0.456 e. The van der Waals surface area contributed by atoms with Crippen LogP contribution in [0, 0.1) is 5.92 Å². The summed E-state index contributed by atoms with van der Waals surface area (Å²) in [5, 5.41) is 0. The molecular weight excluding hydrogens is 264 g/mol. The van der Waals surface area contributed by atoms with Gasteiger partial charge in [0.2, 0.25) is 0 Å². The molecule has 2 fully saturated rings. The van der Waals surface area contributed by atoms with Gasteiger partial charge in [0.15, 0.2) is 0 Å². The van der Waals surface area contributed by atoms with Crippen molar-refractivity contribution in [3.8, 4) is 0 Å². The van der Waals surface area contributed by atoms with E-state index < -0.39 is 0 Å². The van der Waals surface area contributed by atoms with E-state index in [2.05, 4.69) is 39.8 Å². The van der Waals surface area contributed by atoms with Crippen LogP contribution in [0.2, 0.25) is 0 Å². The number of carbonyl (C=O) groups excluding carboxylic acids is 1. The van der Waals surface area contributed by atoms with Gasteiger partial charge in [0.05, 0.1) is 12.0 Å². The van der Waals surface area contributed by atoms with Gasteiger partial charge in [-0.05, 0) is 38.0 Å². The van der Waals surface area contributed by atoms with Crippen LogP contribution in [0.15, 0.2) is 12.2 Å². The van der Waals surface area contributed by atoms with Gasteiger partial charge in [-0.2, -0.15) is 0 Å². The third-order valence-electron chi connectivity index (χ3n) is 5.31. The molecule has 3 heteroatoms. The fraction of sp³-hybridized carbons (Fsp3) is 0.833. The summed E-state index contributed by atoms with van der Waals surface area (Å²) in [5.74, 6) is 0.456. The van der Waals surface area contributed by atoms with Crippen LogP contribution >= 0.6 is 0 Å². The first-order chi connectivity index (χ1) is 10.0. The van der Waals surface area contributed by atoms with Crippen molar-refractivity contribution in [2.75, 3.05) is 0 Å². The van der Waals surface area contributed by atoms with Gasteiger partial charge in [-0.15, -0.1) is 0 Å². The van der Waals surface area contributed by atoms with Crippen LogP contribution in [0.5, 0.6) is 0 Å². The summed E-state index contributed by atoms with van der Waals surface area (Å²) in [6, 6.07) is 0. The molecule has 0 amide bonds. The lowest BCUT2D eigenvalue weighted by Crippen LogP contribution is -2.36. The predicted molar refractivity (Wildman–Crippen MR) is 84.1 cm³/mol. The van der Waals surface area contributed by atoms with E-state index in [-0.39, 0.29) is 23.3 Å². The number of rotatable bonds is 7. The van der Waals surface area contributed by atoms with Crippen molar-refractivity contribution in [1.29, 1.82) is 0 Å². The maximum atomic E-state index is 11.6. The standard InChI is InChI=1S/C18H30O3/c1-5-9-10-14(6-2)12-17(7-3)13-18(8-4)15(20-17)11-16(19)21-18/h9-10,14-15H,5-8,11-13H2,1-4H3/b10-9+/t14-,15+,17-,18+/m1/s1. The summed E-state index contributed by atoms with van der Waals surface area (Å²) >= 11 is 0. The molecule has 3 nitrogen and oxygen atoms in total. The second-order valence-electron chi connectivity index (χ2n) is 6.63. The van der Waals surface area contributed by atoms with Crippen LogP contribution in [0.1, 0.15) is 72.6 Å². The van der Waals surface area contributed by atoms with E-state index >= 15 is 0 Å². The maximum Gasteiger partial charge on any atom is 0.309 e. The molecule has 0 unspecified atom stereocenters. The fourth-order valence-corrected chi connectivity index (χ4v) is 3.91. The lowest BCUT2D eigenvalue weighted by molar-refractivity contribution is -0.149. The smallest absolute Gasteiger partial charge is 0.309 e. The number of hydrogen-bond donors (Lipinski definition) is 0. The van der Waals surface area contributed by atoms with Crippen LogP contribution in [0.4, 0.5) is 0 Å². The molecule has 0 saturated carbocycles. The van der Waals surface area contributed by atoms with E-state index in [0.29, 0.717) is 12.3 Å². The third-order valence-corrected chi connectivity index (χ3v) is 5.31. The third kappa shape index (κ3) is 3.18. The number of carbonyl (C=O) groups is 1. The Kier molecular flexibility index (Phi) is 5.13. The molecule has 0 aromatic heterocycles. The van der Waals surface area contributed by atoms with Crippen molar-refractivity contribution in [1.82, 2.24) is 0 Å². The summed E-state index contributed by atoms with van der Waals surface area (Å²) < 4.78 is 12.1. The summed E-state index contributed by atoms with van der Waals surface area (Å²) in [7, 11) is 0. The van der Waals surface area contributed by atoms with Gasteiger partial charge in [-0.1, -0.05) is 39.8 Å². The van der Waals surface area contributed by atoms with E-state index in [1.807, 2.05) is 0 Å². The van der Waals surface area contributed by atoms with Crippen molar-refractivity contribution in [3.05, 3.63) is 12.2 Å². The van der Waals surface area contributed by atoms with Gasteiger partial charge in [-0.25, -0.2) is 0 Å². The fourth-order valence-electron chi connectivity index (χ4n) is 3.91. The Hall–Kier alpha value is -0.830. The van der Waals surface area contributed by atoms with Gasteiger partial charge in [0, 0.05) is 6.42 Å². The van der Waals surface area contributed by atoms with Crippen LogP contribution in [0.25, 0.3) is 0 Å². The Morgan fingerprint density at radius 2 is 2.05 bits per heavy atom. The minimum atomic E-state index is -0.361. The van der Waals surface area contributed by atoms with Gasteiger partial charge in [0.1, 0.15) is 11.7 Å². The molecule has 0 aliphatic carbocycles. The first-order valence-corrected chi connectivity index (χ1v) is 8.59. The Morgan fingerprint density at radius 1 is 1.29 bits per heavy atom. The minimum Gasteiger partial charge on any atom is -0.456 e. The summed E-state index contributed by atoms with van der Waals surface area (Å²) in [6.45, 7) is 8.71. The van der Waals surface area contributed by atoms with Crippen molar-refractivity contribution in [2.24, 2.45) is 5.92 Å². The van der Waals surface area contributed by atoms with Gasteiger partial charge >= 0.3 is 5.97 Å². The topological polar surface area (TPSA) is 35.5 Å². The SMILES string of the molecule is CC/C=C/[C@@H](CC)C[C@]1(CC)C[C@]2(CC)OC(=O)C[C@@H]2O1. The average Bonchev–Trinajstić information content (AvgIpc) is 2.93. The molecular formula is C18H30O3.